The van der Waals surface area contributed by atoms with Crippen LogP contribution in [0, 0.1) is 11.8 Å². The number of hydrogen-bond acceptors (Lipinski definition) is 3. The van der Waals surface area contributed by atoms with Gasteiger partial charge in [0.25, 0.3) is 0 Å². The lowest BCUT2D eigenvalue weighted by Crippen LogP contribution is -2.51. The number of hydrogen-bond donors (Lipinski definition) is 1. The molecule has 0 radical (unpaired) electrons. The lowest BCUT2D eigenvalue weighted by molar-refractivity contribution is -0.139. The van der Waals surface area contributed by atoms with E-state index < -0.39 is 0 Å². The summed E-state index contributed by atoms with van der Waals surface area (Å²) in [5.74, 6) is 0.996. The zero-order valence-corrected chi connectivity index (χ0v) is 15.0. The molecule has 1 aliphatic carbocycles. The smallest absolute Gasteiger partial charge is 0.317 e. The molecule has 2 saturated heterocycles. The van der Waals surface area contributed by atoms with Gasteiger partial charge >= 0.3 is 6.03 Å². The predicted molar refractivity (Wildman–Crippen MR) is 91.6 cm³/mol. The first-order valence-electron chi connectivity index (χ1n) is 9.49. The fourth-order valence-corrected chi connectivity index (χ4v) is 3.72. The highest BCUT2D eigenvalue weighted by Crippen LogP contribution is 2.35. The van der Waals surface area contributed by atoms with Crippen LogP contribution >= 0.6 is 0 Å². The van der Waals surface area contributed by atoms with Gasteiger partial charge in [-0.15, -0.1) is 0 Å². The average molecular weight is 337 g/mol. The number of likely N-dealkylation sites (tertiary alicyclic amines) is 1. The van der Waals surface area contributed by atoms with Gasteiger partial charge in [-0.1, -0.05) is 13.8 Å². The normalized spacial score (nSPS) is 25.1. The van der Waals surface area contributed by atoms with Crippen LogP contribution in [-0.4, -0.2) is 66.7 Å². The summed E-state index contributed by atoms with van der Waals surface area (Å²) < 4.78 is 5.47. The molecule has 6 heteroatoms. The van der Waals surface area contributed by atoms with E-state index in [0.29, 0.717) is 24.9 Å². The second-order valence-electron chi connectivity index (χ2n) is 7.83. The minimum absolute atomic E-state index is 0.0111. The highest BCUT2D eigenvalue weighted by atomic mass is 16.5. The first kappa shape index (κ1) is 17.5. The van der Waals surface area contributed by atoms with Crippen molar-refractivity contribution in [2.24, 2.45) is 11.8 Å². The van der Waals surface area contributed by atoms with Crippen LogP contribution in [0.4, 0.5) is 4.79 Å². The quantitative estimate of drug-likeness (QED) is 0.833. The highest BCUT2D eigenvalue weighted by molar-refractivity contribution is 5.82. The lowest BCUT2D eigenvalue weighted by atomic mass is 10.0. The van der Waals surface area contributed by atoms with E-state index in [9.17, 15) is 9.59 Å². The SMILES string of the molecule is CC(C)CNC(=O)N1CCC(N(C(=O)C2CC2)C2CCOCC2)C1. The number of ether oxygens (including phenoxy) is 1. The van der Waals surface area contributed by atoms with Gasteiger partial charge in [0.15, 0.2) is 0 Å². The lowest BCUT2D eigenvalue weighted by Gasteiger charge is -2.38. The van der Waals surface area contributed by atoms with Crippen LogP contribution in [0.2, 0.25) is 0 Å². The Morgan fingerprint density at radius 1 is 1.12 bits per heavy atom. The first-order valence-corrected chi connectivity index (χ1v) is 9.49. The standard InChI is InChI=1S/C18H31N3O3/c1-13(2)11-19-18(23)20-8-5-16(12-20)21(17(22)14-3-4-14)15-6-9-24-10-7-15/h13-16H,3-12H2,1-2H3,(H,19,23). The van der Waals surface area contributed by atoms with Crippen LogP contribution in [0.25, 0.3) is 0 Å². The number of carbonyl (C=O) groups is 2. The Bertz CT molecular complexity index is 458. The molecule has 136 valence electrons. The van der Waals surface area contributed by atoms with E-state index in [-0.39, 0.29) is 24.0 Å². The second-order valence-corrected chi connectivity index (χ2v) is 7.83. The third-order valence-corrected chi connectivity index (χ3v) is 5.27. The Morgan fingerprint density at radius 2 is 1.83 bits per heavy atom. The molecular weight excluding hydrogens is 306 g/mol. The third-order valence-electron chi connectivity index (χ3n) is 5.27. The summed E-state index contributed by atoms with van der Waals surface area (Å²) in [6, 6.07) is 0.471. The van der Waals surface area contributed by atoms with Gasteiger partial charge < -0.3 is 19.9 Å². The van der Waals surface area contributed by atoms with Crippen molar-refractivity contribution in [1.29, 1.82) is 0 Å². The molecule has 3 rings (SSSR count). The van der Waals surface area contributed by atoms with E-state index in [2.05, 4.69) is 24.1 Å². The summed E-state index contributed by atoms with van der Waals surface area (Å²) >= 11 is 0. The molecule has 1 saturated carbocycles. The monoisotopic (exact) mass is 337 g/mol. The van der Waals surface area contributed by atoms with Crippen LogP contribution in [0.3, 0.4) is 0 Å². The molecule has 6 nitrogen and oxygen atoms in total. The van der Waals surface area contributed by atoms with Crippen molar-refractivity contribution in [3.8, 4) is 0 Å². The summed E-state index contributed by atoms with van der Waals surface area (Å²) in [6.07, 6.45) is 4.81. The summed E-state index contributed by atoms with van der Waals surface area (Å²) in [7, 11) is 0. The number of amides is 3. The molecular formula is C18H31N3O3. The Hall–Kier alpha value is -1.30. The first-order chi connectivity index (χ1) is 11.6. The van der Waals surface area contributed by atoms with E-state index in [4.69, 9.17) is 4.74 Å². The molecule has 0 spiro atoms. The Labute approximate surface area is 144 Å². The number of nitrogens with zero attached hydrogens (tertiary/aromatic N) is 2. The van der Waals surface area contributed by atoms with Crippen molar-refractivity contribution in [2.45, 2.75) is 58.0 Å². The van der Waals surface area contributed by atoms with Gasteiger partial charge in [-0.25, -0.2) is 4.79 Å². The van der Waals surface area contributed by atoms with Crippen molar-refractivity contribution in [1.82, 2.24) is 15.1 Å². The van der Waals surface area contributed by atoms with Crippen molar-refractivity contribution in [3.05, 3.63) is 0 Å². The van der Waals surface area contributed by atoms with Gasteiger partial charge in [0.2, 0.25) is 5.91 Å². The van der Waals surface area contributed by atoms with E-state index in [1.165, 1.54) is 0 Å². The fourth-order valence-electron chi connectivity index (χ4n) is 3.72. The van der Waals surface area contributed by atoms with E-state index in [1.54, 1.807) is 0 Å². The van der Waals surface area contributed by atoms with Crippen LogP contribution in [0.15, 0.2) is 0 Å². The van der Waals surface area contributed by atoms with Gasteiger partial charge in [0, 0.05) is 44.8 Å². The van der Waals surface area contributed by atoms with Crippen LogP contribution in [0.1, 0.15) is 46.0 Å². The topological polar surface area (TPSA) is 61.9 Å². The molecule has 1 atom stereocenters. The summed E-state index contributed by atoms with van der Waals surface area (Å²) in [5, 5.41) is 2.99. The Balaban J connectivity index is 1.61. The van der Waals surface area contributed by atoms with Gasteiger partial charge in [-0.2, -0.15) is 0 Å². The second kappa shape index (κ2) is 7.72. The van der Waals surface area contributed by atoms with Gasteiger partial charge in [0.05, 0.1) is 6.04 Å². The molecule has 3 aliphatic rings. The highest BCUT2D eigenvalue weighted by Gasteiger charge is 2.42. The van der Waals surface area contributed by atoms with E-state index >= 15 is 0 Å². The molecule has 0 aromatic rings. The van der Waals surface area contributed by atoms with Gasteiger partial charge in [0.1, 0.15) is 0 Å². The average Bonchev–Trinajstić information content (AvgIpc) is 3.32. The van der Waals surface area contributed by atoms with Crippen molar-refractivity contribution in [2.75, 3.05) is 32.8 Å². The maximum absolute atomic E-state index is 12.8. The molecule has 3 fully saturated rings. The number of carbonyl (C=O) groups excluding carboxylic acids is 2. The van der Waals surface area contributed by atoms with Crippen LogP contribution < -0.4 is 5.32 Å². The molecule has 1 unspecified atom stereocenters. The molecule has 3 amide bonds. The number of urea groups is 1. The number of rotatable bonds is 5. The largest absolute Gasteiger partial charge is 0.381 e. The predicted octanol–water partition coefficient (Wildman–Crippen LogP) is 1.84. The molecule has 0 bridgehead atoms. The van der Waals surface area contributed by atoms with Crippen molar-refractivity contribution >= 4 is 11.9 Å². The van der Waals surface area contributed by atoms with E-state index in [0.717, 1.165) is 51.9 Å². The molecule has 24 heavy (non-hydrogen) atoms. The third kappa shape index (κ3) is 4.21. The molecule has 2 aliphatic heterocycles. The molecule has 2 heterocycles. The van der Waals surface area contributed by atoms with Crippen LogP contribution in [0.5, 0.6) is 0 Å². The molecule has 0 aromatic heterocycles. The zero-order chi connectivity index (χ0) is 17.1. The summed E-state index contributed by atoms with van der Waals surface area (Å²) in [6.45, 7) is 7.77. The maximum atomic E-state index is 12.8. The Kier molecular flexibility index (Phi) is 5.64. The maximum Gasteiger partial charge on any atom is 0.317 e. The zero-order valence-electron chi connectivity index (χ0n) is 15.0. The van der Waals surface area contributed by atoms with E-state index in [1.807, 2.05) is 4.90 Å². The minimum atomic E-state index is 0.0111. The summed E-state index contributed by atoms with van der Waals surface area (Å²) in [4.78, 5) is 29.2. The van der Waals surface area contributed by atoms with Crippen molar-refractivity contribution in [3.63, 3.8) is 0 Å². The number of nitrogens with one attached hydrogen (secondary N) is 1. The molecule has 0 aromatic carbocycles. The van der Waals surface area contributed by atoms with Crippen molar-refractivity contribution < 1.29 is 14.3 Å². The molecule has 1 N–H and O–H groups in total. The van der Waals surface area contributed by atoms with Crippen LogP contribution in [-0.2, 0) is 9.53 Å². The Morgan fingerprint density at radius 3 is 2.46 bits per heavy atom. The minimum Gasteiger partial charge on any atom is -0.381 e. The van der Waals surface area contributed by atoms with Gasteiger partial charge in [-0.3, -0.25) is 4.79 Å². The summed E-state index contributed by atoms with van der Waals surface area (Å²) in [5.41, 5.74) is 0. The van der Waals surface area contributed by atoms with Gasteiger partial charge in [-0.05, 0) is 38.0 Å². The fraction of sp³-hybridized carbons (Fsp3) is 0.889.